The van der Waals surface area contributed by atoms with Crippen molar-refractivity contribution < 1.29 is 17.9 Å². The second-order valence-electron chi connectivity index (χ2n) is 6.11. The highest BCUT2D eigenvalue weighted by molar-refractivity contribution is 7.91. The Morgan fingerprint density at radius 2 is 1.80 bits per heavy atom. The van der Waals surface area contributed by atoms with E-state index in [1.807, 2.05) is 16.7 Å². The molecule has 0 saturated carbocycles. The minimum absolute atomic E-state index is 0.0876. The van der Waals surface area contributed by atoms with Gasteiger partial charge in [-0.3, -0.25) is 9.69 Å². The van der Waals surface area contributed by atoms with Crippen molar-refractivity contribution in [3.63, 3.8) is 0 Å². The van der Waals surface area contributed by atoms with Crippen LogP contribution in [-0.2, 0) is 19.6 Å². The number of halogens is 1. The quantitative estimate of drug-likeness (QED) is 0.743. The maximum atomic E-state index is 12.6. The van der Waals surface area contributed by atoms with Crippen LogP contribution >= 0.6 is 22.9 Å². The van der Waals surface area contributed by atoms with Gasteiger partial charge in [-0.25, -0.2) is 8.42 Å². The molecule has 3 heterocycles. The molecule has 0 spiro atoms. The van der Waals surface area contributed by atoms with E-state index in [4.69, 9.17) is 16.3 Å². The highest BCUT2D eigenvalue weighted by atomic mass is 35.5. The molecule has 7 nitrogen and oxygen atoms in total. The summed E-state index contributed by atoms with van der Waals surface area (Å²) in [7, 11) is -3.50. The summed E-state index contributed by atoms with van der Waals surface area (Å²) in [6.45, 7) is 6.11. The first-order chi connectivity index (χ1) is 11.9. The predicted molar refractivity (Wildman–Crippen MR) is 96.5 cm³/mol. The molecule has 2 saturated heterocycles. The summed E-state index contributed by atoms with van der Waals surface area (Å²) >= 11 is 6.92. The molecule has 0 aliphatic carbocycles. The van der Waals surface area contributed by atoms with E-state index in [9.17, 15) is 13.2 Å². The molecule has 2 aliphatic heterocycles. The van der Waals surface area contributed by atoms with Gasteiger partial charge in [0.1, 0.15) is 4.21 Å². The number of ether oxygens (including phenoxy) is 1. The van der Waals surface area contributed by atoms with Gasteiger partial charge in [-0.05, 0) is 19.1 Å². The number of sulfonamides is 1. The van der Waals surface area contributed by atoms with Gasteiger partial charge in [0.05, 0.1) is 23.6 Å². The number of hydrogen-bond acceptors (Lipinski definition) is 6. The largest absolute Gasteiger partial charge is 0.378 e. The van der Waals surface area contributed by atoms with Gasteiger partial charge in [0.25, 0.3) is 10.0 Å². The Hall–Kier alpha value is -0.710. The molecule has 10 heteroatoms. The monoisotopic (exact) mass is 407 g/mol. The molecule has 0 radical (unpaired) electrons. The Morgan fingerprint density at radius 3 is 2.36 bits per heavy atom. The van der Waals surface area contributed by atoms with E-state index in [1.54, 1.807) is 12.1 Å². The average molecular weight is 408 g/mol. The minimum atomic E-state index is -3.50. The van der Waals surface area contributed by atoms with Crippen molar-refractivity contribution in [2.75, 3.05) is 52.5 Å². The van der Waals surface area contributed by atoms with Gasteiger partial charge < -0.3 is 9.64 Å². The van der Waals surface area contributed by atoms with E-state index in [2.05, 4.69) is 0 Å². The number of morpholine rings is 1. The normalized spacial score (nSPS) is 22.1. The maximum absolute atomic E-state index is 12.6. The Morgan fingerprint density at radius 1 is 1.16 bits per heavy atom. The molecule has 1 amide bonds. The number of amides is 1. The van der Waals surface area contributed by atoms with Crippen molar-refractivity contribution in [3.05, 3.63) is 16.5 Å². The van der Waals surface area contributed by atoms with E-state index in [-0.39, 0.29) is 16.2 Å². The van der Waals surface area contributed by atoms with Crippen LogP contribution in [0.5, 0.6) is 0 Å². The fraction of sp³-hybridized carbons (Fsp3) is 0.667. The van der Waals surface area contributed by atoms with Gasteiger partial charge in [0, 0.05) is 39.3 Å². The standard InChI is InChI=1S/C15H22ClN3O4S2/c1-12(15(20)18-8-10-23-11-9-18)17-4-6-19(7-5-17)25(21,22)14-3-2-13(16)24-14/h2-3,12H,4-11H2,1H3/t12-/m1/s1. The van der Waals surface area contributed by atoms with Crippen LogP contribution in [0.25, 0.3) is 0 Å². The zero-order valence-electron chi connectivity index (χ0n) is 14.1. The third-order valence-corrected chi connectivity index (χ3v) is 8.24. The molecular formula is C15H22ClN3O4S2. The fourth-order valence-electron chi connectivity index (χ4n) is 3.10. The number of carbonyl (C=O) groups is 1. The van der Waals surface area contributed by atoms with Crippen LogP contribution in [0.1, 0.15) is 6.92 Å². The molecule has 1 aromatic rings. The number of rotatable bonds is 4. The van der Waals surface area contributed by atoms with Gasteiger partial charge in [-0.1, -0.05) is 11.6 Å². The number of hydrogen-bond donors (Lipinski definition) is 0. The van der Waals surface area contributed by atoms with E-state index < -0.39 is 10.0 Å². The van der Waals surface area contributed by atoms with Crippen LogP contribution in [0.3, 0.4) is 0 Å². The summed E-state index contributed by atoms with van der Waals surface area (Å²) in [5.41, 5.74) is 0. The van der Waals surface area contributed by atoms with Gasteiger partial charge in [-0.2, -0.15) is 4.31 Å². The second kappa shape index (κ2) is 7.89. The second-order valence-corrected chi connectivity index (χ2v) is 9.99. The van der Waals surface area contributed by atoms with Crippen LogP contribution in [0.15, 0.2) is 16.3 Å². The first-order valence-electron chi connectivity index (χ1n) is 8.25. The van der Waals surface area contributed by atoms with Crippen molar-refractivity contribution in [1.29, 1.82) is 0 Å². The molecular weight excluding hydrogens is 386 g/mol. The molecule has 0 aromatic carbocycles. The molecule has 0 bridgehead atoms. The average Bonchev–Trinajstić information content (AvgIpc) is 3.08. The molecule has 2 fully saturated rings. The first-order valence-corrected chi connectivity index (χ1v) is 10.9. The van der Waals surface area contributed by atoms with Gasteiger partial charge >= 0.3 is 0 Å². The predicted octanol–water partition coefficient (Wildman–Crippen LogP) is 0.955. The van der Waals surface area contributed by atoms with E-state index in [0.717, 1.165) is 11.3 Å². The lowest BCUT2D eigenvalue weighted by molar-refractivity contribution is -0.140. The number of thiophene rings is 1. The van der Waals surface area contributed by atoms with Gasteiger partial charge in [-0.15, -0.1) is 11.3 Å². The Labute approximate surface area is 157 Å². The Balaban J connectivity index is 1.58. The third-order valence-electron chi connectivity index (χ3n) is 4.64. The molecule has 0 N–H and O–H groups in total. The van der Waals surface area contributed by atoms with Gasteiger partial charge in [0.2, 0.25) is 5.91 Å². The molecule has 25 heavy (non-hydrogen) atoms. The van der Waals surface area contributed by atoms with Crippen LogP contribution in [0.4, 0.5) is 0 Å². The summed E-state index contributed by atoms with van der Waals surface area (Å²) in [5.74, 6) is 0.0876. The molecule has 1 atom stereocenters. The minimum Gasteiger partial charge on any atom is -0.378 e. The lowest BCUT2D eigenvalue weighted by Gasteiger charge is -2.38. The van der Waals surface area contributed by atoms with Crippen LogP contribution in [-0.4, -0.2) is 87.0 Å². The van der Waals surface area contributed by atoms with Crippen molar-refractivity contribution in [2.24, 2.45) is 0 Å². The topological polar surface area (TPSA) is 70.2 Å². The Kier molecular flexibility index (Phi) is 6.02. The van der Waals surface area contributed by atoms with Crippen molar-refractivity contribution >= 4 is 38.9 Å². The molecule has 3 rings (SSSR count). The first kappa shape index (κ1) is 19.1. The number of carbonyl (C=O) groups excluding carboxylic acids is 1. The highest BCUT2D eigenvalue weighted by Crippen LogP contribution is 2.28. The van der Waals surface area contributed by atoms with Crippen molar-refractivity contribution in [3.8, 4) is 0 Å². The summed E-state index contributed by atoms with van der Waals surface area (Å²) < 4.78 is 32.7. The summed E-state index contributed by atoms with van der Waals surface area (Å²) in [6, 6.07) is 2.89. The molecule has 2 aliphatic rings. The van der Waals surface area contributed by atoms with Crippen LogP contribution in [0.2, 0.25) is 4.34 Å². The summed E-state index contributed by atoms with van der Waals surface area (Å²) in [6.07, 6.45) is 0. The zero-order chi connectivity index (χ0) is 18.0. The zero-order valence-corrected chi connectivity index (χ0v) is 16.4. The Bertz CT molecular complexity index is 710. The van der Waals surface area contributed by atoms with E-state index in [1.165, 1.54) is 4.31 Å². The van der Waals surface area contributed by atoms with Crippen molar-refractivity contribution in [2.45, 2.75) is 17.2 Å². The van der Waals surface area contributed by atoms with E-state index >= 15 is 0 Å². The number of piperazine rings is 1. The summed E-state index contributed by atoms with van der Waals surface area (Å²) in [4.78, 5) is 16.5. The SMILES string of the molecule is C[C@H](C(=O)N1CCOCC1)N1CCN(S(=O)(=O)c2ccc(Cl)s2)CC1. The fourth-order valence-corrected chi connectivity index (χ4v) is 6.16. The molecule has 140 valence electrons. The molecule has 0 unspecified atom stereocenters. The third kappa shape index (κ3) is 4.17. The van der Waals surface area contributed by atoms with Crippen molar-refractivity contribution in [1.82, 2.24) is 14.1 Å². The van der Waals surface area contributed by atoms with Gasteiger partial charge in [0.15, 0.2) is 0 Å². The maximum Gasteiger partial charge on any atom is 0.252 e. The lowest BCUT2D eigenvalue weighted by atomic mass is 10.2. The lowest BCUT2D eigenvalue weighted by Crippen LogP contribution is -2.56. The van der Waals surface area contributed by atoms with E-state index in [0.29, 0.717) is 56.8 Å². The van der Waals surface area contributed by atoms with Crippen LogP contribution in [0, 0.1) is 0 Å². The highest BCUT2D eigenvalue weighted by Gasteiger charge is 2.34. The van der Waals surface area contributed by atoms with Crippen LogP contribution < -0.4 is 0 Å². The smallest absolute Gasteiger partial charge is 0.252 e. The molecule has 1 aromatic heterocycles. The number of nitrogens with zero attached hydrogens (tertiary/aromatic N) is 3. The summed E-state index contributed by atoms with van der Waals surface area (Å²) in [5, 5.41) is 0.